The van der Waals surface area contributed by atoms with Crippen LogP contribution in [-0.4, -0.2) is 66.5 Å². The maximum atomic E-state index is 13.0. The van der Waals surface area contributed by atoms with E-state index in [0.717, 1.165) is 5.56 Å². The largest absolute Gasteiger partial charge is 0.496 e. The van der Waals surface area contributed by atoms with Crippen LogP contribution < -0.4 is 4.74 Å². The first kappa shape index (κ1) is 20.7. The van der Waals surface area contributed by atoms with Crippen molar-refractivity contribution in [3.63, 3.8) is 0 Å². The van der Waals surface area contributed by atoms with E-state index in [4.69, 9.17) is 9.84 Å². The third-order valence-electron chi connectivity index (χ3n) is 5.23. The minimum atomic E-state index is -0.849. The van der Waals surface area contributed by atoms with Gasteiger partial charge in [0.2, 0.25) is 11.8 Å². The Kier molecular flexibility index (Phi) is 6.46. The van der Waals surface area contributed by atoms with E-state index in [1.807, 2.05) is 38.1 Å². The molecule has 1 aliphatic rings. The standard InChI is InChI=1S/C20H28N2O5/c1-20(2,15-7-5-6-8-16(15)27-4)19(26)21(3)13-17(23)22-11-9-14(10-12-22)18(24)25/h5-8,14H,9-13H2,1-4H3,(H,24,25). The first-order valence-electron chi connectivity index (χ1n) is 9.08. The van der Waals surface area contributed by atoms with Crippen LogP contribution in [0.15, 0.2) is 24.3 Å². The highest BCUT2D eigenvalue weighted by Crippen LogP contribution is 2.32. The minimum Gasteiger partial charge on any atom is -0.496 e. The number of methoxy groups -OCH3 is 1. The van der Waals surface area contributed by atoms with Crippen LogP contribution in [0.4, 0.5) is 0 Å². The van der Waals surface area contributed by atoms with Gasteiger partial charge in [0, 0.05) is 25.7 Å². The lowest BCUT2D eigenvalue weighted by Crippen LogP contribution is -2.48. The van der Waals surface area contributed by atoms with Gasteiger partial charge in [0.15, 0.2) is 0 Å². The molecule has 1 aromatic rings. The summed E-state index contributed by atoms with van der Waals surface area (Å²) >= 11 is 0. The van der Waals surface area contributed by atoms with Gasteiger partial charge in [-0.2, -0.15) is 0 Å². The summed E-state index contributed by atoms with van der Waals surface area (Å²) in [5, 5.41) is 9.06. The molecule has 0 atom stereocenters. The van der Waals surface area contributed by atoms with Crippen molar-refractivity contribution >= 4 is 17.8 Å². The third kappa shape index (κ3) is 4.59. The van der Waals surface area contributed by atoms with Crippen LogP contribution in [-0.2, 0) is 19.8 Å². The normalized spacial score (nSPS) is 15.3. The SMILES string of the molecule is COc1ccccc1C(C)(C)C(=O)N(C)CC(=O)N1CCC(C(=O)O)CC1. The number of benzene rings is 1. The molecule has 0 spiro atoms. The molecule has 27 heavy (non-hydrogen) atoms. The van der Waals surface area contributed by atoms with E-state index in [9.17, 15) is 14.4 Å². The number of nitrogens with zero attached hydrogens (tertiary/aromatic N) is 2. The van der Waals surface area contributed by atoms with Gasteiger partial charge in [-0.05, 0) is 32.8 Å². The summed E-state index contributed by atoms with van der Waals surface area (Å²) in [6, 6.07) is 7.35. The molecule has 0 saturated carbocycles. The van der Waals surface area contributed by atoms with E-state index in [2.05, 4.69) is 0 Å². The number of aliphatic carboxylic acids is 1. The number of piperidine rings is 1. The highest BCUT2D eigenvalue weighted by Gasteiger charge is 2.36. The number of rotatable bonds is 6. The number of para-hydroxylation sites is 1. The molecular weight excluding hydrogens is 348 g/mol. The van der Waals surface area contributed by atoms with E-state index in [-0.39, 0.29) is 18.4 Å². The number of ether oxygens (including phenoxy) is 1. The van der Waals surface area contributed by atoms with Crippen molar-refractivity contribution in [1.29, 1.82) is 0 Å². The Morgan fingerprint density at radius 1 is 1.22 bits per heavy atom. The van der Waals surface area contributed by atoms with Crippen molar-refractivity contribution < 1.29 is 24.2 Å². The van der Waals surface area contributed by atoms with Crippen LogP contribution >= 0.6 is 0 Å². The number of likely N-dealkylation sites (N-methyl/N-ethyl adjacent to an activating group) is 1. The number of amides is 2. The van der Waals surface area contributed by atoms with Crippen LogP contribution in [0.5, 0.6) is 5.75 Å². The lowest BCUT2D eigenvalue weighted by Gasteiger charge is -2.34. The molecule has 148 valence electrons. The molecule has 0 unspecified atom stereocenters. The van der Waals surface area contributed by atoms with Crippen LogP contribution in [0.3, 0.4) is 0 Å². The number of carbonyl (C=O) groups is 3. The highest BCUT2D eigenvalue weighted by atomic mass is 16.5. The smallest absolute Gasteiger partial charge is 0.306 e. The molecule has 1 saturated heterocycles. The van der Waals surface area contributed by atoms with Gasteiger partial charge in [0.1, 0.15) is 5.75 Å². The Morgan fingerprint density at radius 3 is 2.37 bits per heavy atom. The molecule has 1 aliphatic heterocycles. The predicted molar refractivity (Wildman–Crippen MR) is 101 cm³/mol. The first-order valence-corrected chi connectivity index (χ1v) is 9.08. The van der Waals surface area contributed by atoms with Crippen molar-refractivity contribution in [1.82, 2.24) is 9.80 Å². The Labute approximate surface area is 159 Å². The third-order valence-corrected chi connectivity index (χ3v) is 5.23. The van der Waals surface area contributed by atoms with Gasteiger partial charge in [-0.15, -0.1) is 0 Å². The zero-order valence-electron chi connectivity index (χ0n) is 16.4. The first-order chi connectivity index (χ1) is 12.7. The van der Waals surface area contributed by atoms with Gasteiger partial charge in [-0.1, -0.05) is 18.2 Å². The average molecular weight is 376 g/mol. The van der Waals surface area contributed by atoms with Crippen LogP contribution in [0, 0.1) is 5.92 Å². The zero-order chi connectivity index (χ0) is 20.2. The summed E-state index contributed by atoms with van der Waals surface area (Å²) in [6.45, 7) is 4.41. The van der Waals surface area contributed by atoms with E-state index in [1.165, 1.54) is 4.90 Å². The fraction of sp³-hybridized carbons (Fsp3) is 0.550. The van der Waals surface area contributed by atoms with Crippen molar-refractivity contribution in [2.45, 2.75) is 32.1 Å². The second kappa shape index (κ2) is 8.41. The summed E-state index contributed by atoms with van der Waals surface area (Å²) < 4.78 is 5.37. The lowest BCUT2D eigenvalue weighted by atomic mass is 9.82. The van der Waals surface area contributed by atoms with Crippen LogP contribution in [0.2, 0.25) is 0 Å². The van der Waals surface area contributed by atoms with E-state index in [1.54, 1.807) is 19.1 Å². The fourth-order valence-electron chi connectivity index (χ4n) is 3.50. The molecule has 0 radical (unpaired) electrons. The van der Waals surface area contributed by atoms with Gasteiger partial charge >= 0.3 is 5.97 Å². The van der Waals surface area contributed by atoms with Gasteiger partial charge < -0.3 is 19.6 Å². The van der Waals surface area contributed by atoms with Gasteiger partial charge in [-0.25, -0.2) is 0 Å². The van der Waals surface area contributed by atoms with E-state index < -0.39 is 17.3 Å². The molecule has 2 rings (SSSR count). The monoisotopic (exact) mass is 376 g/mol. The Morgan fingerprint density at radius 2 is 1.81 bits per heavy atom. The Bertz CT molecular complexity index is 708. The van der Waals surface area contributed by atoms with E-state index >= 15 is 0 Å². The Balaban J connectivity index is 2.02. The molecule has 1 fully saturated rings. The molecule has 0 aromatic heterocycles. The number of hydrogen-bond acceptors (Lipinski definition) is 4. The average Bonchev–Trinajstić information content (AvgIpc) is 2.67. The molecule has 7 heteroatoms. The number of carbonyl (C=O) groups excluding carboxylic acids is 2. The fourth-order valence-corrected chi connectivity index (χ4v) is 3.50. The van der Waals surface area contributed by atoms with Crippen LogP contribution in [0.25, 0.3) is 0 Å². The topological polar surface area (TPSA) is 87.2 Å². The summed E-state index contributed by atoms with van der Waals surface area (Å²) in [6.07, 6.45) is 0.900. The molecule has 1 N–H and O–H groups in total. The molecule has 1 heterocycles. The lowest BCUT2D eigenvalue weighted by molar-refractivity contribution is -0.147. The Hall–Kier alpha value is -2.57. The molecular formula is C20H28N2O5. The molecule has 1 aromatic carbocycles. The van der Waals surface area contributed by atoms with Crippen molar-refractivity contribution in [3.8, 4) is 5.75 Å². The highest BCUT2D eigenvalue weighted by molar-refractivity contribution is 5.91. The maximum Gasteiger partial charge on any atom is 0.306 e. The quantitative estimate of drug-likeness (QED) is 0.817. The molecule has 0 aliphatic carbocycles. The van der Waals surface area contributed by atoms with E-state index in [0.29, 0.717) is 31.7 Å². The summed E-state index contributed by atoms with van der Waals surface area (Å²) in [4.78, 5) is 39.6. The second-order valence-corrected chi connectivity index (χ2v) is 7.48. The number of likely N-dealkylation sites (tertiary alicyclic amines) is 1. The van der Waals surface area contributed by atoms with Gasteiger partial charge in [-0.3, -0.25) is 14.4 Å². The van der Waals surface area contributed by atoms with Gasteiger partial charge in [0.05, 0.1) is 25.0 Å². The number of carboxylic acids is 1. The van der Waals surface area contributed by atoms with Crippen molar-refractivity contribution in [2.24, 2.45) is 5.92 Å². The zero-order valence-corrected chi connectivity index (χ0v) is 16.4. The van der Waals surface area contributed by atoms with Crippen LogP contribution in [0.1, 0.15) is 32.3 Å². The van der Waals surface area contributed by atoms with Crippen molar-refractivity contribution in [3.05, 3.63) is 29.8 Å². The predicted octanol–water partition coefficient (Wildman–Crippen LogP) is 1.75. The molecule has 7 nitrogen and oxygen atoms in total. The van der Waals surface area contributed by atoms with Crippen molar-refractivity contribution in [2.75, 3.05) is 33.8 Å². The molecule has 0 bridgehead atoms. The number of hydrogen-bond donors (Lipinski definition) is 1. The summed E-state index contributed by atoms with van der Waals surface area (Å²) in [7, 11) is 3.18. The molecule has 2 amide bonds. The van der Waals surface area contributed by atoms with Gasteiger partial charge in [0.25, 0.3) is 0 Å². The summed E-state index contributed by atoms with van der Waals surface area (Å²) in [5.74, 6) is -0.913. The maximum absolute atomic E-state index is 13.0. The summed E-state index contributed by atoms with van der Waals surface area (Å²) in [5.41, 5.74) is -0.0862. The minimum absolute atomic E-state index is 0.0326. The second-order valence-electron chi connectivity index (χ2n) is 7.48. The number of carboxylic acid groups (broad SMARTS) is 1.